The normalized spacial score (nSPS) is 16.3. The summed E-state index contributed by atoms with van der Waals surface area (Å²) in [6, 6.07) is 8.97. The van der Waals surface area contributed by atoms with Crippen molar-refractivity contribution in [3.8, 4) is 5.75 Å². The van der Waals surface area contributed by atoms with Gasteiger partial charge in [-0.25, -0.2) is 0 Å². The third-order valence-electron chi connectivity index (χ3n) is 3.45. The molecule has 0 aliphatic heterocycles. The largest absolute Gasteiger partial charge is 0.491 e. The van der Waals surface area contributed by atoms with Crippen molar-refractivity contribution in [2.75, 3.05) is 13.2 Å². The van der Waals surface area contributed by atoms with Gasteiger partial charge >= 0.3 is 0 Å². The van der Waals surface area contributed by atoms with Crippen LogP contribution in [0.5, 0.6) is 5.75 Å². The second-order valence-corrected chi connectivity index (χ2v) is 5.20. The van der Waals surface area contributed by atoms with Crippen molar-refractivity contribution in [2.45, 2.75) is 51.8 Å². The van der Waals surface area contributed by atoms with Crippen LogP contribution in [0.15, 0.2) is 24.3 Å². The molecule has 3 heteroatoms. The van der Waals surface area contributed by atoms with Crippen molar-refractivity contribution in [3.05, 3.63) is 29.8 Å². The summed E-state index contributed by atoms with van der Waals surface area (Å²) in [5.41, 5.74) is 1.23. The van der Waals surface area contributed by atoms with E-state index < -0.39 is 0 Å². The Morgan fingerprint density at radius 3 is 2.79 bits per heavy atom. The standard InChI is InChI=1S/C16H25NO2/c1-3-13(2)18-10-11-19-16-7-5-4-6-14(16)12-17-15-8-9-15/h4-7,13,15,17H,3,8-12H2,1-2H3. The third-order valence-corrected chi connectivity index (χ3v) is 3.45. The maximum Gasteiger partial charge on any atom is 0.123 e. The lowest BCUT2D eigenvalue weighted by Gasteiger charge is -2.14. The Hall–Kier alpha value is -1.06. The van der Waals surface area contributed by atoms with Crippen LogP contribution in [0.1, 0.15) is 38.7 Å². The molecule has 2 rings (SSSR count). The van der Waals surface area contributed by atoms with Crippen molar-refractivity contribution in [1.29, 1.82) is 0 Å². The molecule has 0 heterocycles. The van der Waals surface area contributed by atoms with Crippen LogP contribution in [0.2, 0.25) is 0 Å². The molecule has 1 saturated carbocycles. The van der Waals surface area contributed by atoms with Gasteiger partial charge in [0.15, 0.2) is 0 Å². The van der Waals surface area contributed by atoms with Crippen LogP contribution < -0.4 is 10.1 Å². The van der Waals surface area contributed by atoms with Gasteiger partial charge in [-0.1, -0.05) is 25.1 Å². The molecule has 0 saturated heterocycles. The zero-order valence-corrected chi connectivity index (χ0v) is 12.0. The predicted molar refractivity (Wildman–Crippen MR) is 77.5 cm³/mol. The van der Waals surface area contributed by atoms with Gasteiger partial charge in [0.2, 0.25) is 0 Å². The minimum absolute atomic E-state index is 0.315. The van der Waals surface area contributed by atoms with Crippen LogP contribution in [0.4, 0.5) is 0 Å². The first kappa shape index (κ1) is 14.4. The average Bonchev–Trinajstić information content (AvgIpc) is 3.26. The lowest BCUT2D eigenvalue weighted by Crippen LogP contribution is -2.17. The van der Waals surface area contributed by atoms with Crippen molar-refractivity contribution in [3.63, 3.8) is 0 Å². The molecule has 1 aliphatic carbocycles. The second kappa shape index (κ2) is 7.51. The first-order chi connectivity index (χ1) is 9.29. The van der Waals surface area contributed by atoms with Crippen molar-refractivity contribution in [1.82, 2.24) is 5.32 Å². The van der Waals surface area contributed by atoms with Crippen LogP contribution >= 0.6 is 0 Å². The molecule has 1 aliphatic rings. The van der Waals surface area contributed by atoms with Gasteiger partial charge in [0.25, 0.3) is 0 Å². The molecular formula is C16H25NO2. The number of para-hydroxylation sites is 1. The van der Waals surface area contributed by atoms with E-state index >= 15 is 0 Å². The quantitative estimate of drug-likeness (QED) is 0.694. The Kier molecular flexibility index (Phi) is 5.67. The SMILES string of the molecule is CCC(C)OCCOc1ccccc1CNC1CC1. The summed E-state index contributed by atoms with van der Waals surface area (Å²) in [5, 5.41) is 3.52. The second-order valence-electron chi connectivity index (χ2n) is 5.20. The summed E-state index contributed by atoms with van der Waals surface area (Å²) in [6.45, 7) is 6.38. The van der Waals surface area contributed by atoms with Gasteiger partial charge in [-0.3, -0.25) is 0 Å². The molecule has 1 aromatic rings. The molecule has 1 fully saturated rings. The number of nitrogens with one attached hydrogen (secondary N) is 1. The van der Waals surface area contributed by atoms with E-state index in [9.17, 15) is 0 Å². The monoisotopic (exact) mass is 263 g/mol. The van der Waals surface area contributed by atoms with Crippen molar-refractivity contribution in [2.24, 2.45) is 0 Å². The van der Waals surface area contributed by atoms with Crippen molar-refractivity contribution >= 4 is 0 Å². The molecule has 1 atom stereocenters. The first-order valence-corrected chi connectivity index (χ1v) is 7.35. The van der Waals surface area contributed by atoms with Gasteiger partial charge in [-0.15, -0.1) is 0 Å². The molecule has 3 nitrogen and oxygen atoms in total. The minimum atomic E-state index is 0.315. The van der Waals surface area contributed by atoms with Gasteiger partial charge in [0.05, 0.1) is 12.7 Å². The lowest BCUT2D eigenvalue weighted by molar-refractivity contribution is 0.0425. The highest BCUT2D eigenvalue weighted by Crippen LogP contribution is 2.22. The van der Waals surface area contributed by atoms with E-state index in [0.717, 1.165) is 24.8 Å². The molecule has 19 heavy (non-hydrogen) atoms. The maximum absolute atomic E-state index is 5.82. The highest BCUT2D eigenvalue weighted by Gasteiger charge is 2.20. The van der Waals surface area contributed by atoms with Crippen LogP contribution in [0.3, 0.4) is 0 Å². The number of ether oxygens (including phenoxy) is 2. The molecule has 1 aromatic carbocycles. The van der Waals surface area contributed by atoms with Gasteiger partial charge in [-0.05, 0) is 32.3 Å². The van der Waals surface area contributed by atoms with Crippen molar-refractivity contribution < 1.29 is 9.47 Å². The fourth-order valence-corrected chi connectivity index (χ4v) is 1.85. The molecule has 0 spiro atoms. The first-order valence-electron chi connectivity index (χ1n) is 7.35. The zero-order chi connectivity index (χ0) is 13.5. The molecular weight excluding hydrogens is 238 g/mol. The molecule has 0 bridgehead atoms. The van der Waals surface area contributed by atoms with Crippen LogP contribution in [0, 0.1) is 0 Å². The predicted octanol–water partition coefficient (Wildman–Crippen LogP) is 3.13. The van der Waals surface area contributed by atoms with E-state index in [1.54, 1.807) is 0 Å². The highest BCUT2D eigenvalue weighted by molar-refractivity contribution is 5.33. The van der Waals surface area contributed by atoms with E-state index in [2.05, 4.69) is 31.3 Å². The van der Waals surface area contributed by atoms with Gasteiger partial charge < -0.3 is 14.8 Å². The average molecular weight is 263 g/mol. The Bertz CT molecular complexity index is 377. The Balaban J connectivity index is 1.74. The highest BCUT2D eigenvalue weighted by atomic mass is 16.5. The summed E-state index contributed by atoms with van der Waals surface area (Å²) in [5.74, 6) is 0.975. The Labute approximate surface area is 116 Å². The van der Waals surface area contributed by atoms with E-state index in [-0.39, 0.29) is 0 Å². The van der Waals surface area contributed by atoms with E-state index in [1.807, 2.05) is 12.1 Å². The zero-order valence-electron chi connectivity index (χ0n) is 12.0. The van der Waals surface area contributed by atoms with Crippen LogP contribution in [-0.2, 0) is 11.3 Å². The maximum atomic E-state index is 5.82. The molecule has 0 amide bonds. The van der Waals surface area contributed by atoms with Gasteiger partial charge in [-0.2, -0.15) is 0 Å². The molecule has 1 N–H and O–H groups in total. The molecule has 1 unspecified atom stereocenters. The molecule has 0 radical (unpaired) electrons. The third kappa shape index (κ3) is 5.21. The molecule has 106 valence electrons. The fourth-order valence-electron chi connectivity index (χ4n) is 1.85. The fraction of sp³-hybridized carbons (Fsp3) is 0.625. The van der Waals surface area contributed by atoms with E-state index in [4.69, 9.17) is 9.47 Å². The summed E-state index contributed by atoms with van der Waals surface area (Å²) in [6.07, 6.45) is 3.98. The van der Waals surface area contributed by atoms with Gasteiger partial charge in [0.1, 0.15) is 12.4 Å². The summed E-state index contributed by atoms with van der Waals surface area (Å²) in [4.78, 5) is 0. The Morgan fingerprint density at radius 1 is 1.26 bits per heavy atom. The Morgan fingerprint density at radius 2 is 2.05 bits per heavy atom. The summed E-state index contributed by atoms with van der Waals surface area (Å²) < 4.78 is 11.4. The summed E-state index contributed by atoms with van der Waals surface area (Å²) >= 11 is 0. The van der Waals surface area contributed by atoms with Crippen LogP contribution in [-0.4, -0.2) is 25.4 Å². The minimum Gasteiger partial charge on any atom is -0.491 e. The van der Waals surface area contributed by atoms with Crippen LogP contribution in [0.25, 0.3) is 0 Å². The smallest absolute Gasteiger partial charge is 0.123 e. The lowest BCUT2D eigenvalue weighted by atomic mass is 10.2. The summed E-state index contributed by atoms with van der Waals surface area (Å²) in [7, 11) is 0. The van der Waals surface area contributed by atoms with Gasteiger partial charge in [0, 0.05) is 18.2 Å². The number of benzene rings is 1. The number of rotatable bonds is 9. The topological polar surface area (TPSA) is 30.5 Å². The van der Waals surface area contributed by atoms with E-state index in [1.165, 1.54) is 18.4 Å². The molecule has 0 aromatic heterocycles. The number of hydrogen-bond acceptors (Lipinski definition) is 3. The number of hydrogen-bond donors (Lipinski definition) is 1. The van der Waals surface area contributed by atoms with E-state index in [0.29, 0.717) is 19.3 Å².